The summed E-state index contributed by atoms with van der Waals surface area (Å²) < 4.78 is 0. The normalized spacial score (nSPS) is 16.0. The van der Waals surface area contributed by atoms with E-state index < -0.39 is 5.97 Å². The minimum atomic E-state index is -0.681. The molecule has 2 aromatic rings. The lowest BCUT2D eigenvalue weighted by molar-refractivity contribution is -0.142. The molecule has 22 heavy (non-hydrogen) atoms. The lowest BCUT2D eigenvalue weighted by atomic mass is 9.96. The molecule has 0 radical (unpaired) electrons. The third kappa shape index (κ3) is 2.47. The van der Waals surface area contributed by atoms with E-state index in [2.05, 4.69) is 40.3 Å². The Morgan fingerprint density at radius 1 is 1.36 bits per heavy atom. The van der Waals surface area contributed by atoms with Crippen molar-refractivity contribution >= 4 is 28.2 Å². The van der Waals surface area contributed by atoms with Crippen LogP contribution in [-0.2, 0) is 4.79 Å². The average Bonchev–Trinajstić information content (AvgIpc) is 2.54. The number of aliphatic carboxylic acids is 1. The van der Waals surface area contributed by atoms with Crippen LogP contribution in [0.2, 0.25) is 0 Å². The van der Waals surface area contributed by atoms with Gasteiger partial charge in [-0.2, -0.15) is 0 Å². The van der Waals surface area contributed by atoms with Crippen LogP contribution in [0.5, 0.6) is 0 Å². The summed E-state index contributed by atoms with van der Waals surface area (Å²) in [5.74, 6) is 0.0651. The Morgan fingerprint density at radius 3 is 2.73 bits per heavy atom. The molecule has 1 fully saturated rings. The van der Waals surface area contributed by atoms with Crippen LogP contribution in [0, 0.1) is 12.8 Å². The summed E-state index contributed by atoms with van der Waals surface area (Å²) in [6, 6.07) is 6.25. The van der Waals surface area contributed by atoms with Gasteiger partial charge in [-0.15, -0.1) is 0 Å². The Balaban J connectivity index is 2.00. The van der Waals surface area contributed by atoms with E-state index in [0.29, 0.717) is 12.8 Å². The van der Waals surface area contributed by atoms with E-state index in [1.54, 1.807) is 0 Å². The Labute approximate surface area is 130 Å². The van der Waals surface area contributed by atoms with Gasteiger partial charge in [0.15, 0.2) is 0 Å². The highest BCUT2D eigenvalue weighted by molar-refractivity contribution is 6.02. The minimum absolute atomic E-state index is 0.222. The van der Waals surface area contributed by atoms with Crippen LogP contribution in [-0.4, -0.2) is 36.2 Å². The van der Waals surface area contributed by atoms with Gasteiger partial charge in [0.2, 0.25) is 0 Å². The molecule has 1 aliphatic rings. The van der Waals surface area contributed by atoms with Crippen molar-refractivity contribution in [2.24, 2.45) is 5.92 Å². The predicted molar refractivity (Wildman–Crippen MR) is 88.6 cm³/mol. The van der Waals surface area contributed by atoms with Gasteiger partial charge in [0.25, 0.3) is 0 Å². The lowest BCUT2D eigenvalue weighted by Gasteiger charge is -2.32. The molecule has 2 N–H and O–H groups in total. The molecule has 0 unspecified atom stereocenters. The van der Waals surface area contributed by atoms with Crippen LogP contribution in [0.25, 0.3) is 10.8 Å². The maximum atomic E-state index is 11.1. The maximum absolute atomic E-state index is 11.1. The molecule has 0 aliphatic carbocycles. The fraction of sp³-hybridized carbons (Fsp3) is 0.412. The summed E-state index contributed by atoms with van der Waals surface area (Å²) in [6.45, 7) is 3.58. The largest absolute Gasteiger partial charge is 0.481 e. The molecule has 0 saturated carbocycles. The highest BCUT2D eigenvalue weighted by Gasteiger charge is 2.26. The van der Waals surface area contributed by atoms with Crippen molar-refractivity contribution in [2.75, 3.05) is 30.4 Å². The third-order valence-corrected chi connectivity index (χ3v) is 4.52. The molecule has 0 amide bonds. The molecule has 1 saturated heterocycles. The lowest BCUT2D eigenvalue weighted by Crippen LogP contribution is -2.37. The smallest absolute Gasteiger partial charge is 0.306 e. The number of hydrogen-bond donors (Lipinski definition) is 2. The standard InChI is InChI=1S/C17H21N3O2/c1-11-4-3-5-13-14(18-2)10-19-16(15(11)13)20-8-6-12(7-9-20)17(21)22/h3-5,10,12,18H,6-9H2,1-2H3,(H,21,22). The van der Waals surface area contributed by atoms with E-state index in [-0.39, 0.29) is 5.92 Å². The first kappa shape index (κ1) is 14.6. The zero-order valence-corrected chi connectivity index (χ0v) is 13.0. The molecule has 1 aliphatic heterocycles. The second kappa shape index (κ2) is 5.83. The number of carbonyl (C=O) groups is 1. The molecule has 0 bridgehead atoms. The van der Waals surface area contributed by atoms with Gasteiger partial charge in [0, 0.05) is 30.9 Å². The van der Waals surface area contributed by atoms with Crippen LogP contribution in [0.15, 0.2) is 24.4 Å². The van der Waals surface area contributed by atoms with Crippen molar-refractivity contribution in [2.45, 2.75) is 19.8 Å². The molecule has 0 spiro atoms. The van der Waals surface area contributed by atoms with Gasteiger partial charge >= 0.3 is 5.97 Å². The molecule has 1 aromatic carbocycles. The zero-order valence-electron chi connectivity index (χ0n) is 13.0. The van der Waals surface area contributed by atoms with E-state index in [0.717, 1.165) is 35.4 Å². The SMILES string of the molecule is CNc1cnc(N2CCC(C(=O)O)CC2)c2c(C)cccc12. The number of aromatic nitrogens is 1. The van der Waals surface area contributed by atoms with E-state index >= 15 is 0 Å². The Morgan fingerprint density at radius 2 is 2.09 bits per heavy atom. The van der Waals surface area contributed by atoms with Crippen LogP contribution >= 0.6 is 0 Å². The second-order valence-corrected chi connectivity index (χ2v) is 5.84. The van der Waals surface area contributed by atoms with E-state index in [1.807, 2.05) is 13.2 Å². The van der Waals surface area contributed by atoms with Gasteiger partial charge in [-0.1, -0.05) is 18.2 Å². The first-order valence-corrected chi connectivity index (χ1v) is 7.65. The van der Waals surface area contributed by atoms with Crippen LogP contribution in [0.3, 0.4) is 0 Å². The van der Waals surface area contributed by atoms with Gasteiger partial charge in [0.1, 0.15) is 5.82 Å². The molecule has 5 nitrogen and oxygen atoms in total. The van der Waals surface area contributed by atoms with Gasteiger partial charge in [0.05, 0.1) is 17.8 Å². The number of piperidine rings is 1. The fourth-order valence-electron chi connectivity index (χ4n) is 3.23. The van der Waals surface area contributed by atoms with Crippen molar-refractivity contribution in [1.82, 2.24) is 4.98 Å². The van der Waals surface area contributed by atoms with Crippen molar-refractivity contribution in [3.05, 3.63) is 30.0 Å². The molecule has 116 valence electrons. The summed E-state index contributed by atoms with van der Waals surface area (Å²) in [5, 5.41) is 14.6. The van der Waals surface area contributed by atoms with Gasteiger partial charge in [-0.3, -0.25) is 4.79 Å². The number of nitrogens with zero attached hydrogens (tertiary/aromatic N) is 2. The molecular weight excluding hydrogens is 278 g/mol. The van der Waals surface area contributed by atoms with E-state index in [4.69, 9.17) is 5.11 Å². The summed E-state index contributed by atoms with van der Waals surface area (Å²) in [4.78, 5) is 18.0. The minimum Gasteiger partial charge on any atom is -0.481 e. The van der Waals surface area contributed by atoms with Gasteiger partial charge in [-0.05, 0) is 25.3 Å². The number of hydrogen-bond acceptors (Lipinski definition) is 4. The first-order chi connectivity index (χ1) is 10.6. The monoisotopic (exact) mass is 299 g/mol. The quantitative estimate of drug-likeness (QED) is 0.912. The molecule has 0 atom stereocenters. The summed E-state index contributed by atoms with van der Waals surface area (Å²) in [5.41, 5.74) is 2.21. The Hall–Kier alpha value is -2.30. The molecule has 5 heteroatoms. The number of carboxylic acid groups (broad SMARTS) is 1. The average molecular weight is 299 g/mol. The van der Waals surface area contributed by atoms with E-state index in [9.17, 15) is 4.79 Å². The number of anilines is 2. The van der Waals surface area contributed by atoms with Crippen LogP contribution in [0.1, 0.15) is 18.4 Å². The zero-order chi connectivity index (χ0) is 15.7. The Kier molecular flexibility index (Phi) is 3.88. The molecule has 1 aromatic heterocycles. The number of aryl methyl sites for hydroxylation is 1. The number of nitrogens with one attached hydrogen (secondary N) is 1. The summed E-state index contributed by atoms with van der Waals surface area (Å²) in [7, 11) is 1.90. The number of benzene rings is 1. The van der Waals surface area contributed by atoms with Crippen molar-refractivity contribution in [1.29, 1.82) is 0 Å². The van der Waals surface area contributed by atoms with Crippen molar-refractivity contribution in [3.63, 3.8) is 0 Å². The van der Waals surface area contributed by atoms with Crippen molar-refractivity contribution < 1.29 is 9.90 Å². The maximum Gasteiger partial charge on any atom is 0.306 e. The Bertz CT molecular complexity index is 706. The number of fused-ring (bicyclic) bond motifs is 1. The van der Waals surface area contributed by atoms with Crippen LogP contribution < -0.4 is 10.2 Å². The fourth-order valence-corrected chi connectivity index (χ4v) is 3.23. The van der Waals surface area contributed by atoms with Gasteiger partial charge in [-0.25, -0.2) is 4.98 Å². The van der Waals surface area contributed by atoms with Gasteiger partial charge < -0.3 is 15.3 Å². The summed E-state index contributed by atoms with van der Waals surface area (Å²) in [6.07, 6.45) is 3.22. The predicted octanol–water partition coefficient (Wildman–Crippen LogP) is 2.89. The van der Waals surface area contributed by atoms with Crippen molar-refractivity contribution in [3.8, 4) is 0 Å². The summed E-state index contributed by atoms with van der Waals surface area (Å²) >= 11 is 0. The molecule has 2 heterocycles. The first-order valence-electron chi connectivity index (χ1n) is 7.65. The molecule has 3 rings (SSSR count). The second-order valence-electron chi connectivity index (χ2n) is 5.84. The van der Waals surface area contributed by atoms with E-state index in [1.165, 1.54) is 5.56 Å². The third-order valence-electron chi connectivity index (χ3n) is 4.52. The highest BCUT2D eigenvalue weighted by Crippen LogP contribution is 2.34. The van der Waals surface area contributed by atoms with Crippen LogP contribution in [0.4, 0.5) is 11.5 Å². The number of rotatable bonds is 3. The number of pyridine rings is 1. The highest BCUT2D eigenvalue weighted by atomic mass is 16.4. The number of carboxylic acids is 1. The topological polar surface area (TPSA) is 65.5 Å². The molecular formula is C17H21N3O2.